The number of thiophene rings is 1. The highest BCUT2D eigenvalue weighted by Gasteiger charge is 2.21. The van der Waals surface area contributed by atoms with Crippen LogP contribution in [0.3, 0.4) is 0 Å². The standard InChI is InChI=1S/C13H11BrClFS/c1-7-6-8(2)17-13(7)12(14)11-9(15)4-3-5-10(11)16/h3-6,12H,1-2H3. The smallest absolute Gasteiger partial charge is 0.129 e. The summed E-state index contributed by atoms with van der Waals surface area (Å²) in [6.07, 6.45) is 0. The van der Waals surface area contributed by atoms with Crippen LogP contribution in [0.15, 0.2) is 24.3 Å². The summed E-state index contributed by atoms with van der Waals surface area (Å²) in [6, 6.07) is 6.87. The number of aryl methyl sites for hydroxylation is 2. The first-order valence-corrected chi connectivity index (χ1v) is 7.26. The van der Waals surface area contributed by atoms with Gasteiger partial charge in [0, 0.05) is 20.3 Å². The Kier molecular flexibility index (Phi) is 3.91. The molecule has 0 aliphatic rings. The topological polar surface area (TPSA) is 0 Å². The van der Waals surface area contributed by atoms with Gasteiger partial charge in [-0.2, -0.15) is 0 Å². The van der Waals surface area contributed by atoms with Crippen LogP contribution >= 0.6 is 38.9 Å². The maximum absolute atomic E-state index is 13.8. The molecule has 0 N–H and O–H groups in total. The van der Waals surface area contributed by atoms with Crippen molar-refractivity contribution in [3.63, 3.8) is 0 Å². The van der Waals surface area contributed by atoms with Crippen LogP contribution in [0.4, 0.5) is 4.39 Å². The third-order valence-electron chi connectivity index (χ3n) is 2.56. The molecular formula is C13H11BrClFS. The van der Waals surface area contributed by atoms with E-state index in [0.29, 0.717) is 10.6 Å². The fourth-order valence-corrected chi connectivity index (χ4v) is 4.33. The molecule has 0 bridgehead atoms. The Morgan fingerprint density at radius 3 is 2.59 bits per heavy atom. The van der Waals surface area contributed by atoms with Gasteiger partial charge in [0.2, 0.25) is 0 Å². The highest BCUT2D eigenvalue weighted by molar-refractivity contribution is 9.09. The van der Waals surface area contributed by atoms with Gasteiger partial charge in [-0.05, 0) is 37.6 Å². The monoisotopic (exact) mass is 332 g/mol. The first-order valence-electron chi connectivity index (χ1n) is 5.15. The molecule has 1 aromatic carbocycles. The third kappa shape index (κ3) is 2.56. The Morgan fingerprint density at radius 1 is 1.35 bits per heavy atom. The lowest BCUT2D eigenvalue weighted by atomic mass is 10.1. The number of hydrogen-bond donors (Lipinski definition) is 0. The van der Waals surface area contributed by atoms with E-state index in [1.54, 1.807) is 23.5 Å². The molecule has 1 heterocycles. The Morgan fingerprint density at radius 2 is 2.06 bits per heavy atom. The van der Waals surface area contributed by atoms with E-state index in [4.69, 9.17) is 11.6 Å². The van der Waals surface area contributed by atoms with E-state index in [1.807, 2.05) is 13.8 Å². The molecule has 0 aliphatic heterocycles. The molecule has 0 fully saturated rings. The van der Waals surface area contributed by atoms with Crippen molar-refractivity contribution < 1.29 is 4.39 Å². The van der Waals surface area contributed by atoms with Crippen LogP contribution in [-0.2, 0) is 0 Å². The van der Waals surface area contributed by atoms with Crippen molar-refractivity contribution in [2.24, 2.45) is 0 Å². The van der Waals surface area contributed by atoms with Crippen LogP contribution in [0.1, 0.15) is 25.7 Å². The number of benzene rings is 1. The summed E-state index contributed by atoms with van der Waals surface area (Å²) in [5.41, 5.74) is 1.67. The number of hydrogen-bond acceptors (Lipinski definition) is 1. The lowest BCUT2D eigenvalue weighted by Gasteiger charge is -2.12. The number of rotatable bonds is 2. The Balaban J connectivity index is 2.51. The minimum Gasteiger partial charge on any atom is -0.207 e. The minimum absolute atomic E-state index is 0.185. The molecule has 17 heavy (non-hydrogen) atoms. The average Bonchev–Trinajstić information content (AvgIpc) is 2.57. The van der Waals surface area contributed by atoms with E-state index >= 15 is 0 Å². The zero-order valence-corrected chi connectivity index (χ0v) is 12.6. The second-order valence-electron chi connectivity index (χ2n) is 3.90. The Hall–Kier alpha value is -0.380. The molecule has 0 amide bonds. The van der Waals surface area contributed by atoms with Gasteiger partial charge in [0.05, 0.1) is 4.83 Å². The van der Waals surface area contributed by atoms with Crippen LogP contribution in [0.25, 0.3) is 0 Å². The van der Waals surface area contributed by atoms with E-state index in [9.17, 15) is 4.39 Å². The Labute approximate surface area is 118 Å². The highest BCUT2D eigenvalue weighted by Crippen LogP contribution is 2.41. The summed E-state index contributed by atoms with van der Waals surface area (Å²) in [7, 11) is 0. The summed E-state index contributed by atoms with van der Waals surface area (Å²) in [6.45, 7) is 4.08. The quantitative estimate of drug-likeness (QED) is 0.624. The van der Waals surface area contributed by atoms with Gasteiger partial charge in [0.15, 0.2) is 0 Å². The molecule has 2 rings (SSSR count). The number of alkyl halides is 1. The van der Waals surface area contributed by atoms with Crippen LogP contribution in [-0.4, -0.2) is 0 Å². The highest BCUT2D eigenvalue weighted by atomic mass is 79.9. The molecule has 2 aromatic rings. The van der Waals surface area contributed by atoms with Crippen molar-refractivity contribution in [2.45, 2.75) is 18.7 Å². The van der Waals surface area contributed by atoms with Crippen LogP contribution in [0.2, 0.25) is 5.02 Å². The molecule has 90 valence electrons. The molecule has 0 spiro atoms. The zero-order valence-electron chi connectivity index (χ0n) is 9.43. The summed E-state index contributed by atoms with van der Waals surface area (Å²) >= 11 is 11.3. The summed E-state index contributed by atoms with van der Waals surface area (Å²) in [4.78, 5) is 2.14. The normalized spacial score (nSPS) is 12.8. The molecule has 1 aromatic heterocycles. The summed E-state index contributed by atoms with van der Waals surface area (Å²) in [5, 5.41) is 0.456. The maximum atomic E-state index is 13.8. The summed E-state index contributed by atoms with van der Waals surface area (Å²) < 4.78 is 13.8. The predicted octanol–water partition coefficient (Wildman–Crippen LogP) is 5.64. The van der Waals surface area contributed by atoms with Gasteiger partial charge in [-0.25, -0.2) is 4.39 Å². The molecule has 0 aliphatic carbocycles. The van der Waals surface area contributed by atoms with Gasteiger partial charge in [-0.3, -0.25) is 0 Å². The average molecular weight is 334 g/mol. The minimum atomic E-state index is -0.273. The first-order chi connectivity index (χ1) is 8.00. The second kappa shape index (κ2) is 5.09. The molecular weight excluding hydrogens is 323 g/mol. The van der Waals surface area contributed by atoms with E-state index in [1.165, 1.54) is 10.9 Å². The largest absolute Gasteiger partial charge is 0.207 e. The van der Waals surface area contributed by atoms with Gasteiger partial charge in [0.1, 0.15) is 5.82 Å². The van der Waals surface area contributed by atoms with E-state index in [2.05, 4.69) is 22.0 Å². The van der Waals surface area contributed by atoms with E-state index < -0.39 is 0 Å². The second-order valence-corrected chi connectivity index (χ2v) is 6.51. The predicted molar refractivity (Wildman–Crippen MR) is 76.0 cm³/mol. The van der Waals surface area contributed by atoms with E-state index in [-0.39, 0.29) is 10.6 Å². The molecule has 1 atom stereocenters. The SMILES string of the molecule is Cc1cc(C)c(C(Br)c2c(F)cccc2Cl)s1. The van der Waals surface area contributed by atoms with Crippen LogP contribution in [0.5, 0.6) is 0 Å². The fraction of sp³-hybridized carbons (Fsp3) is 0.231. The maximum Gasteiger partial charge on any atom is 0.129 e. The molecule has 0 saturated heterocycles. The summed E-state index contributed by atoms with van der Waals surface area (Å²) in [5.74, 6) is -0.273. The molecule has 0 saturated carbocycles. The van der Waals surface area contributed by atoms with Gasteiger partial charge in [0.25, 0.3) is 0 Å². The van der Waals surface area contributed by atoms with Gasteiger partial charge < -0.3 is 0 Å². The van der Waals surface area contributed by atoms with Crippen molar-refractivity contribution in [2.75, 3.05) is 0 Å². The van der Waals surface area contributed by atoms with E-state index in [0.717, 1.165) is 10.4 Å². The number of halogens is 3. The molecule has 0 nitrogen and oxygen atoms in total. The lowest BCUT2D eigenvalue weighted by Crippen LogP contribution is -1.97. The third-order valence-corrected chi connectivity index (χ3v) is 5.33. The van der Waals surface area contributed by atoms with Crippen LogP contribution in [0, 0.1) is 19.7 Å². The fourth-order valence-electron chi connectivity index (χ4n) is 1.79. The van der Waals surface area contributed by atoms with Crippen molar-refractivity contribution in [3.8, 4) is 0 Å². The molecule has 0 radical (unpaired) electrons. The van der Waals surface area contributed by atoms with Crippen molar-refractivity contribution in [1.29, 1.82) is 0 Å². The zero-order chi connectivity index (χ0) is 12.6. The Bertz CT molecular complexity index is 530. The molecule has 4 heteroatoms. The van der Waals surface area contributed by atoms with Gasteiger partial charge in [-0.15, -0.1) is 11.3 Å². The van der Waals surface area contributed by atoms with Crippen LogP contribution < -0.4 is 0 Å². The van der Waals surface area contributed by atoms with Crippen molar-refractivity contribution in [1.82, 2.24) is 0 Å². The lowest BCUT2D eigenvalue weighted by molar-refractivity contribution is 0.614. The molecule has 1 unspecified atom stereocenters. The van der Waals surface area contributed by atoms with Crippen molar-refractivity contribution >= 4 is 38.9 Å². The first kappa shape index (κ1) is 13.1. The van der Waals surface area contributed by atoms with Gasteiger partial charge >= 0.3 is 0 Å². The van der Waals surface area contributed by atoms with Gasteiger partial charge in [-0.1, -0.05) is 33.6 Å². The van der Waals surface area contributed by atoms with Crippen molar-refractivity contribution in [3.05, 3.63) is 56.0 Å².